The third kappa shape index (κ3) is 5.86. The van der Waals surface area contributed by atoms with E-state index in [2.05, 4.69) is 59.0 Å². The van der Waals surface area contributed by atoms with Gasteiger partial charge in [0.1, 0.15) is 11.5 Å². The maximum absolute atomic E-state index is 15.1. The zero-order valence-electron chi connectivity index (χ0n) is 25.7. The van der Waals surface area contributed by atoms with E-state index < -0.39 is 5.82 Å². The summed E-state index contributed by atoms with van der Waals surface area (Å²) in [5.41, 5.74) is 4.98. The largest absolute Gasteiger partial charge is 0.344 e. The Hall–Kier alpha value is -3.36. The van der Waals surface area contributed by atoms with E-state index in [1.54, 1.807) is 0 Å². The van der Waals surface area contributed by atoms with Gasteiger partial charge in [-0.25, -0.2) is 19.3 Å². The minimum absolute atomic E-state index is 0.321. The monoisotopic (exact) mass is 593 g/mol. The van der Waals surface area contributed by atoms with Crippen molar-refractivity contribution in [2.75, 3.05) is 31.5 Å². The molecule has 1 N–H and O–H groups in total. The third-order valence-corrected chi connectivity index (χ3v) is 10.6. The van der Waals surface area contributed by atoms with Crippen LogP contribution in [0, 0.1) is 5.82 Å². The molecule has 44 heavy (non-hydrogen) atoms. The van der Waals surface area contributed by atoms with Crippen LogP contribution in [0.1, 0.15) is 93.7 Å². The molecule has 8 rings (SSSR count). The Balaban J connectivity index is 0.932. The molecule has 8 heteroatoms. The summed E-state index contributed by atoms with van der Waals surface area (Å²) in [6.07, 6.45) is 20.2. The maximum atomic E-state index is 15.1. The van der Waals surface area contributed by atoms with Crippen LogP contribution in [0.3, 0.4) is 0 Å². The van der Waals surface area contributed by atoms with E-state index in [9.17, 15) is 0 Å². The average molecular weight is 594 g/mol. The highest BCUT2D eigenvalue weighted by Gasteiger charge is 2.30. The lowest BCUT2D eigenvalue weighted by atomic mass is 9.93. The summed E-state index contributed by atoms with van der Waals surface area (Å²) in [4.78, 5) is 18.8. The molecule has 230 valence electrons. The predicted octanol–water partition coefficient (Wildman–Crippen LogP) is 7.82. The fourth-order valence-electron chi connectivity index (χ4n) is 7.62. The van der Waals surface area contributed by atoms with Crippen LogP contribution in [0.15, 0.2) is 48.9 Å². The van der Waals surface area contributed by atoms with Crippen molar-refractivity contribution >= 4 is 22.7 Å². The van der Waals surface area contributed by atoms with Crippen LogP contribution in [-0.2, 0) is 6.54 Å². The number of rotatable bonds is 8. The smallest absolute Gasteiger partial charge is 0.229 e. The molecule has 1 aliphatic heterocycles. The first-order valence-corrected chi connectivity index (χ1v) is 17.0. The van der Waals surface area contributed by atoms with E-state index in [4.69, 9.17) is 0 Å². The molecular formula is C36H44FN7. The number of nitrogens with one attached hydrogen (secondary N) is 1. The molecule has 0 bridgehead atoms. The fraction of sp³-hybridized carbons (Fsp3) is 0.528. The van der Waals surface area contributed by atoms with Crippen molar-refractivity contribution in [3.05, 3.63) is 65.9 Å². The summed E-state index contributed by atoms with van der Waals surface area (Å²) in [5.74, 6) is 1.23. The first-order chi connectivity index (χ1) is 21.7. The van der Waals surface area contributed by atoms with Gasteiger partial charge in [0.25, 0.3) is 0 Å². The van der Waals surface area contributed by atoms with Crippen molar-refractivity contribution < 1.29 is 4.39 Å². The molecule has 4 heterocycles. The lowest BCUT2D eigenvalue weighted by Gasteiger charge is -2.39. The topological polar surface area (TPSA) is 62.1 Å². The number of aromatic nitrogens is 4. The van der Waals surface area contributed by atoms with Crippen LogP contribution in [0.5, 0.6) is 0 Å². The molecule has 3 saturated carbocycles. The Morgan fingerprint density at radius 2 is 1.59 bits per heavy atom. The molecule has 0 atom stereocenters. The Kier molecular flexibility index (Phi) is 7.80. The van der Waals surface area contributed by atoms with Crippen molar-refractivity contribution in [2.45, 2.75) is 95.2 Å². The molecular weight excluding hydrogens is 549 g/mol. The van der Waals surface area contributed by atoms with Gasteiger partial charge in [0.05, 0.1) is 6.20 Å². The number of hydrogen-bond acceptors (Lipinski definition) is 6. The predicted molar refractivity (Wildman–Crippen MR) is 174 cm³/mol. The van der Waals surface area contributed by atoms with Gasteiger partial charge in [-0.05, 0) is 80.2 Å². The van der Waals surface area contributed by atoms with Crippen molar-refractivity contribution in [1.29, 1.82) is 0 Å². The number of piperazine rings is 1. The first-order valence-electron chi connectivity index (χ1n) is 17.0. The van der Waals surface area contributed by atoms with Gasteiger partial charge in [-0.2, -0.15) is 0 Å². The minimum atomic E-state index is -0.413. The highest BCUT2D eigenvalue weighted by atomic mass is 19.1. The molecule has 0 radical (unpaired) electrons. The number of nitrogens with zero attached hydrogens (tertiary/aromatic N) is 6. The molecule has 4 aliphatic rings. The molecule has 0 spiro atoms. The van der Waals surface area contributed by atoms with E-state index in [0.717, 1.165) is 31.2 Å². The van der Waals surface area contributed by atoms with Crippen LogP contribution in [0.4, 0.5) is 16.2 Å². The summed E-state index contributed by atoms with van der Waals surface area (Å²) >= 11 is 0. The van der Waals surface area contributed by atoms with Crippen molar-refractivity contribution in [3.8, 4) is 11.3 Å². The standard InChI is InChI=1S/C36H44FN7/c37-32-22-39-36(41-35(32)27-13-14-33-30(20-27)31(26-11-12-26)24-44(33)29-8-5-9-29)40-34-15-10-25(21-38-34)23-42-16-18-43(19-17-42)28-6-3-1-2-4-7-28/h10,13-15,20-22,24,26,28-29H,1-9,11-12,16-19,23H2,(H,38,39,40,41). The van der Waals surface area contributed by atoms with Gasteiger partial charge in [-0.1, -0.05) is 37.8 Å². The van der Waals surface area contributed by atoms with E-state index in [-0.39, 0.29) is 0 Å². The fourth-order valence-corrected chi connectivity index (χ4v) is 7.62. The molecule has 3 aromatic heterocycles. The van der Waals surface area contributed by atoms with Gasteiger partial charge < -0.3 is 9.88 Å². The Bertz CT molecular complexity index is 1590. The highest BCUT2D eigenvalue weighted by Crippen LogP contribution is 2.46. The van der Waals surface area contributed by atoms with E-state index in [1.165, 1.54) is 112 Å². The molecule has 3 aliphatic carbocycles. The zero-order valence-corrected chi connectivity index (χ0v) is 25.7. The van der Waals surface area contributed by atoms with Gasteiger partial charge in [-0.15, -0.1) is 0 Å². The summed E-state index contributed by atoms with van der Waals surface area (Å²) in [6, 6.07) is 11.8. The summed E-state index contributed by atoms with van der Waals surface area (Å²) in [6.45, 7) is 5.48. The number of fused-ring (bicyclic) bond motifs is 1. The van der Waals surface area contributed by atoms with Crippen LogP contribution >= 0.6 is 0 Å². The number of hydrogen-bond donors (Lipinski definition) is 1. The molecule has 4 fully saturated rings. The lowest BCUT2D eigenvalue weighted by Crippen LogP contribution is -2.49. The summed E-state index contributed by atoms with van der Waals surface area (Å²) in [5, 5.41) is 4.45. The van der Waals surface area contributed by atoms with Gasteiger partial charge in [0.2, 0.25) is 5.95 Å². The van der Waals surface area contributed by atoms with Crippen molar-refractivity contribution in [2.24, 2.45) is 0 Å². The minimum Gasteiger partial charge on any atom is -0.344 e. The van der Waals surface area contributed by atoms with Crippen LogP contribution in [0.25, 0.3) is 22.2 Å². The number of pyridine rings is 1. The zero-order chi connectivity index (χ0) is 29.5. The third-order valence-electron chi connectivity index (χ3n) is 10.6. The maximum Gasteiger partial charge on any atom is 0.229 e. The van der Waals surface area contributed by atoms with Crippen LogP contribution in [-0.4, -0.2) is 61.5 Å². The van der Waals surface area contributed by atoms with Gasteiger partial charge >= 0.3 is 0 Å². The molecule has 4 aromatic rings. The van der Waals surface area contributed by atoms with Crippen molar-refractivity contribution in [1.82, 2.24) is 29.3 Å². The quantitative estimate of drug-likeness (QED) is 0.210. The van der Waals surface area contributed by atoms with Gasteiger partial charge in [0, 0.05) is 73.7 Å². The average Bonchev–Trinajstić information content (AvgIpc) is 3.85. The second kappa shape index (κ2) is 12.2. The Morgan fingerprint density at radius 3 is 2.30 bits per heavy atom. The van der Waals surface area contributed by atoms with Crippen LogP contribution < -0.4 is 5.32 Å². The molecule has 1 saturated heterocycles. The Labute approximate surface area is 259 Å². The molecule has 7 nitrogen and oxygen atoms in total. The van der Waals surface area contributed by atoms with E-state index in [1.807, 2.05) is 18.3 Å². The molecule has 0 unspecified atom stereocenters. The number of benzene rings is 1. The highest BCUT2D eigenvalue weighted by molar-refractivity contribution is 5.89. The van der Waals surface area contributed by atoms with Crippen LogP contribution in [0.2, 0.25) is 0 Å². The Morgan fingerprint density at radius 1 is 0.795 bits per heavy atom. The second-order valence-electron chi connectivity index (χ2n) is 13.6. The first kappa shape index (κ1) is 28.1. The lowest BCUT2D eigenvalue weighted by molar-refractivity contribution is 0.0851. The van der Waals surface area contributed by atoms with E-state index >= 15 is 4.39 Å². The molecule has 0 amide bonds. The summed E-state index contributed by atoms with van der Waals surface area (Å²) < 4.78 is 17.6. The number of anilines is 2. The normalized spacial score (nSPS) is 20.9. The van der Waals surface area contributed by atoms with Gasteiger partial charge in [0.15, 0.2) is 5.82 Å². The summed E-state index contributed by atoms with van der Waals surface area (Å²) in [7, 11) is 0. The second-order valence-corrected chi connectivity index (χ2v) is 13.6. The molecule has 1 aromatic carbocycles. The SMILES string of the molecule is Fc1cnc(Nc2ccc(CN3CCN(C4CCCCCC4)CC3)cn2)nc1-c1ccc2c(c1)c(C1CC1)cn2C1CCC1. The van der Waals surface area contributed by atoms with Gasteiger partial charge in [-0.3, -0.25) is 9.80 Å². The van der Waals surface area contributed by atoms with E-state index in [0.29, 0.717) is 29.4 Å². The number of halogens is 1. The van der Waals surface area contributed by atoms with Crippen molar-refractivity contribution in [3.63, 3.8) is 0 Å².